The van der Waals surface area contributed by atoms with Gasteiger partial charge in [0.05, 0.1) is 12.9 Å². The van der Waals surface area contributed by atoms with Crippen molar-refractivity contribution in [3.05, 3.63) is 48.0 Å². The van der Waals surface area contributed by atoms with Gasteiger partial charge in [0.1, 0.15) is 13.8 Å². The number of nitrogens with zero attached hydrogens (tertiary/aromatic N) is 1. The average molecular weight is 298 g/mol. The van der Waals surface area contributed by atoms with Crippen LogP contribution in [0, 0.1) is 11.5 Å². The van der Waals surface area contributed by atoms with Crippen LogP contribution in [0.15, 0.2) is 36.8 Å². The molecule has 0 amide bonds. The Morgan fingerprint density at radius 3 is 2.57 bits per heavy atom. The van der Waals surface area contributed by atoms with E-state index >= 15 is 0 Å². The van der Waals surface area contributed by atoms with E-state index in [4.69, 9.17) is 4.74 Å². The maximum Gasteiger partial charge on any atom is 0.129 e. The van der Waals surface area contributed by atoms with E-state index in [-0.39, 0.29) is 0 Å². The lowest BCUT2D eigenvalue weighted by molar-refractivity contribution is 0.310. The van der Waals surface area contributed by atoms with Crippen LogP contribution in [0.1, 0.15) is 17.7 Å². The summed E-state index contributed by atoms with van der Waals surface area (Å²) in [6.45, 7) is 7.45. The first-order valence-corrected chi connectivity index (χ1v) is 10.8. The molecule has 1 N–H and O–H groups in total. The summed E-state index contributed by atoms with van der Waals surface area (Å²) in [5.74, 6) is 4.14. The third kappa shape index (κ3) is 5.88. The Morgan fingerprint density at radius 1 is 1.19 bits per heavy atom. The van der Waals surface area contributed by atoms with E-state index in [1.54, 1.807) is 6.33 Å². The molecule has 0 atom stereocenters. The summed E-state index contributed by atoms with van der Waals surface area (Å²) in [5, 5.41) is 0. The van der Waals surface area contributed by atoms with Crippen LogP contribution >= 0.6 is 0 Å². The molecule has 1 aromatic heterocycles. The van der Waals surface area contributed by atoms with Gasteiger partial charge in [-0.2, -0.15) is 0 Å². The summed E-state index contributed by atoms with van der Waals surface area (Å²) in [4.78, 5) is 7.09. The van der Waals surface area contributed by atoms with Crippen molar-refractivity contribution in [1.29, 1.82) is 0 Å². The first-order chi connectivity index (χ1) is 10.0. The highest BCUT2D eigenvalue weighted by Crippen LogP contribution is 2.12. The molecule has 0 radical (unpaired) electrons. The largest absolute Gasteiger partial charge is 0.494 e. The lowest BCUT2D eigenvalue weighted by Crippen LogP contribution is -2.16. The Balaban J connectivity index is 1.78. The van der Waals surface area contributed by atoms with Crippen molar-refractivity contribution in [3.8, 4) is 17.2 Å². The van der Waals surface area contributed by atoms with Crippen LogP contribution < -0.4 is 4.74 Å². The first-order valence-electron chi connectivity index (χ1n) is 7.26. The minimum atomic E-state index is -1.31. The molecule has 0 spiro atoms. The molecule has 21 heavy (non-hydrogen) atoms. The van der Waals surface area contributed by atoms with Gasteiger partial charge in [-0.05, 0) is 37.1 Å². The number of aromatic nitrogens is 2. The number of imidazole rings is 1. The van der Waals surface area contributed by atoms with Crippen molar-refractivity contribution in [2.45, 2.75) is 32.5 Å². The number of rotatable bonds is 5. The summed E-state index contributed by atoms with van der Waals surface area (Å²) >= 11 is 0. The molecule has 3 nitrogen and oxygen atoms in total. The van der Waals surface area contributed by atoms with Gasteiger partial charge in [-0.25, -0.2) is 4.98 Å². The van der Waals surface area contributed by atoms with Gasteiger partial charge in [-0.15, -0.1) is 5.54 Å². The van der Waals surface area contributed by atoms with Gasteiger partial charge in [0.25, 0.3) is 0 Å². The highest BCUT2D eigenvalue weighted by Gasteiger charge is 2.07. The van der Waals surface area contributed by atoms with Crippen molar-refractivity contribution in [3.63, 3.8) is 0 Å². The minimum absolute atomic E-state index is 0.707. The molecule has 0 unspecified atom stereocenters. The lowest BCUT2D eigenvalue weighted by Gasteiger charge is -2.06. The molecular weight excluding hydrogens is 276 g/mol. The van der Waals surface area contributed by atoms with Crippen LogP contribution in [0.2, 0.25) is 19.6 Å². The highest BCUT2D eigenvalue weighted by molar-refractivity contribution is 6.83. The smallest absolute Gasteiger partial charge is 0.129 e. The van der Waals surface area contributed by atoms with E-state index in [0.29, 0.717) is 6.61 Å². The van der Waals surface area contributed by atoms with Crippen LogP contribution in [-0.2, 0) is 6.42 Å². The predicted molar refractivity (Wildman–Crippen MR) is 89.1 cm³/mol. The Kier molecular flexibility index (Phi) is 5.24. The molecule has 1 heterocycles. The first kappa shape index (κ1) is 15.4. The van der Waals surface area contributed by atoms with Crippen molar-refractivity contribution >= 4 is 8.07 Å². The van der Waals surface area contributed by atoms with Gasteiger partial charge in [-0.1, -0.05) is 25.6 Å². The molecule has 1 aromatic carbocycles. The van der Waals surface area contributed by atoms with Gasteiger partial charge < -0.3 is 9.72 Å². The number of nitrogens with one attached hydrogen (secondary N) is 1. The number of hydrogen-bond donors (Lipinski definition) is 1. The Labute approximate surface area is 127 Å². The SMILES string of the molecule is C[Si](C)(C)C#Cc1ccc(OCCCc2cnc[nH]2)cc1. The molecule has 2 rings (SSSR count). The van der Waals surface area contributed by atoms with Gasteiger partial charge >= 0.3 is 0 Å². The Bertz CT molecular complexity index is 601. The zero-order valence-corrected chi connectivity index (χ0v) is 13.9. The van der Waals surface area contributed by atoms with Gasteiger partial charge in [-0.3, -0.25) is 0 Å². The molecular formula is C17H22N2OSi. The third-order valence-electron chi connectivity index (χ3n) is 2.85. The normalized spacial score (nSPS) is 10.8. The number of benzene rings is 1. The molecule has 0 saturated heterocycles. The zero-order chi connectivity index (χ0) is 15.1. The van der Waals surface area contributed by atoms with Crippen LogP contribution in [0.25, 0.3) is 0 Å². The topological polar surface area (TPSA) is 37.9 Å². The van der Waals surface area contributed by atoms with Crippen molar-refractivity contribution in [1.82, 2.24) is 9.97 Å². The molecule has 0 aliphatic carbocycles. The predicted octanol–water partition coefficient (Wildman–Crippen LogP) is 3.65. The quantitative estimate of drug-likeness (QED) is 0.520. The average Bonchev–Trinajstić information content (AvgIpc) is 2.95. The second-order valence-electron chi connectivity index (χ2n) is 6.05. The fraction of sp³-hybridized carbons (Fsp3) is 0.353. The molecule has 0 aliphatic rings. The molecule has 0 fully saturated rings. The van der Waals surface area contributed by atoms with E-state index in [2.05, 4.69) is 41.1 Å². The van der Waals surface area contributed by atoms with E-state index in [0.717, 1.165) is 29.8 Å². The standard InChI is InChI=1S/C17H22N2OSi/c1-21(2,3)12-10-15-6-8-17(9-7-15)20-11-4-5-16-13-18-14-19-16/h6-9,13-14H,4-5,11H2,1-3H3,(H,18,19). The van der Waals surface area contributed by atoms with E-state index < -0.39 is 8.07 Å². The van der Waals surface area contributed by atoms with Crippen molar-refractivity contribution < 1.29 is 4.74 Å². The summed E-state index contributed by atoms with van der Waals surface area (Å²) in [5.41, 5.74) is 5.57. The summed E-state index contributed by atoms with van der Waals surface area (Å²) in [6.07, 6.45) is 5.49. The summed E-state index contributed by atoms with van der Waals surface area (Å²) < 4.78 is 5.73. The molecule has 110 valence electrons. The Hall–Kier alpha value is -1.99. The third-order valence-corrected chi connectivity index (χ3v) is 3.73. The lowest BCUT2D eigenvalue weighted by atomic mass is 10.2. The molecule has 2 aromatic rings. The van der Waals surface area contributed by atoms with E-state index in [1.807, 2.05) is 30.5 Å². The number of aromatic amines is 1. The van der Waals surface area contributed by atoms with Crippen LogP contribution in [0.3, 0.4) is 0 Å². The number of H-pyrrole nitrogens is 1. The second-order valence-corrected chi connectivity index (χ2v) is 10.8. The van der Waals surface area contributed by atoms with Crippen LogP contribution in [-0.4, -0.2) is 24.6 Å². The van der Waals surface area contributed by atoms with Gasteiger partial charge in [0.2, 0.25) is 0 Å². The van der Waals surface area contributed by atoms with Crippen molar-refractivity contribution in [2.75, 3.05) is 6.61 Å². The zero-order valence-electron chi connectivity index (χ0n) is 12.9. The second kappa shape index (κ2) is 7.14. The fourth-order valence-electron chi connectivity index (χ4n) is 1.77. The van der Waals surface area contributed by atoms with E-state index in [1.165, 1.54) is 0 Å². The van der Waals surface area contributed by atoms with E-state index in [9.17, 15) is 0 Å². The fourth-order valence-corrected chi connectivity index (χ4v) is 2.29. The molecule has 0 saturated carbocycles. The summed E-state index contributed by atoms with van der Waals surface area (Å²) in [7, 11) is -1.31. The summed E-state index contributed by atoms with van der Waals surface area (Å²) in [6, 6.07) is 8.03. The van der Waals surface area contributed by atoms with Crippen LogP contribution in [0.5, 0.6) is 5.75 Å². The van der Waals surface area contributed by atoms with Crippen molar-refractivity contribution in [2.24, 2.45) is 0 Å². The minimum Gasteiger partial charge on any atom is -0.494 e. The maximum atomic E-state index is 5.73. The monoisotopic (exact) mass is 298 g/mol. The van der Waals surface area contributed by atoms with Gasteiger partial charge in [0, 0.05) is 17.5 Å². The van der Waals surface area contributed by atoms with Crippen LogP contribution in [0.4, 0.5) is 0 Å². The molecule has 0 bridgehead atoms. The number of hydrogen-bond acceptors (Lipinski definition) is 2. The van der Waals surface area contributed by atoms with Gasteiger partial charge in [0.15, 0.2) is 0 Å². The highest BCUT2D eigenvalue weighted by atomic mass is 28.3. The number of ether oxygens (including phenoxy) is 1. The maximum absolute atomic E-state index is 5.73. The molecule has 0 aliphatic heterocycles. The molecule has 4 heteroatoms. The Morgan fingerprint density at radius 2 is 1.95 bits per heavy atom. The number of aryl methyl sites for hydroxylation is 1.